The Labute approximate surface area is 98.7 Å². The predicted octanol–water partition coefficient (Wildman–Crippen LogP) is 0.779. The van der Waals surface area contributed by atoms with E-state index in [0.29, 0.717) is 0 Å². The average Bonchev–Trinajstić information content (AvgIpc) is 2.17. The molecule has 0 spiro atoms. The van der Waals surface area contributed by atoms with Gasteiger partial charge in [-0.25, -0.2) is 17.5 Å². The van der Waals surface area contributed by atoms with E-state index in [0.717, 1.165) is 12.1 Å². The van der Waals surface area contributed by atoms with Gasteiger partial charge in [0.05, 0.1) is 15.9 Å². The number of hydrogen-bond donors (Lipinski definition) is 2. The second kappa shape index (κ2) is 4.86. The van der Waals surface area contributed by atoms with Gasteiger partial charge in [0.15, 0.2) is 0 Å². The van der Waals surface area contributed by atoms with Crippen LogP contribution >= 0.6 is 12.2 Å². The summed E-state index contributed by atoms with van der Waals surface area (Å²) in [6.45, 7) is 1.53. The molecule has 7 heteroatoms. The van der Waals surface area contributed by atoms with Crippen molar-refractivity contribution in [1.82, 2.24) is 4.72 Å². The van der Waals surface area contributed by atoms with Crippen molar-refractivity contribution in [1.29, 1.82) is 0 Å². The third-order valence-electron chi connectivity index (χ3n) is 1.88. The van der Waals surface area contributed by atoms with Gasteiger partial charge in [0.25, 0.3) is 0 Å². The highest BCUT2D eigenvalue weighted by Crippen LogP contribution is 2.10. The van der Waals surface area contributed by atoms with Gasteiger partial charge in [0.1, 0.15) is 5.82 Å². The first-order valence-electron chi connectivity index (χ1n) is 4.40. The minimum Gasteiger partial charge on any atom is -0.392 e. The van der Waals surface area contributed by atoms with Crippen molar-refractivity contribution in [2.75, 3.05) is 0 Å². The lowest BCUT2D eigenvalue weighted by Gasteiger charge is -2.12. The maximum absolute atomic E-state index is 12.6. The van der Waals surface area contributed by atoms with E-state index < -0.39 is 21.9 Å². The van der Waals surface area contributed by atoms with E-state index in [1.807, 2.05) is 0 Å². The van der Waals surface area contributed by atoms with E-state index in [9.17, 15) is 12.8 Å². The molecule has 0 bridgehead atoms. The molecule has 0 fully saturated rings. The molecule has 1 rings (SSSR count). The molecule has 88 valence electrons. The third kappa shape index (κ3) is 3.22. The molecule has 0 aliphatic rings. The van der Waals surface area contributed by atoms with Crippen molar-refractivity contribution in [3.8, 4) is 0 Å². The van der Waals surface area contributed by atoms with Gasteiger partial charge < -0.3 is 5.73 Å². The Bertz CT molecular complexity index is 485. The number of sulfonamides is 1. The first-order chi connectivity index (χ1) is 7.33. The van der Waals surface area contributed by atoms with Crippen LogP contribution in [0.2, 0.25) is 0 Å². The highest BCUT2D eigenvalue weighted by molar-refractivity contribution is 7.89. The largest absolute Gasteiger partial charge is 0.392 e. The number of hydrogen-bond acceptors (Lipinski definition) is 3. The Morgan fingerprint density at radius 1 is 1.44 bits per heavy atom. The number of halogens is 1. The SMILES string of the molecule is CC(NS(=O)(=O)c1ccc(F)cc1)C(N)=S. The number of thiocarbonyl (C=S) groups is 1. The van der Waals surface area contributed by atoms with Crippen molar-refractivity contribution >= 4 is 27.2 Å². The zero-order valence-electron chi connectivity index (χ0n) is 8.48. The van der Waals surface area contributed by atoms with E-state index in [1.165, 1.54) is 19.1 Å². The second-order valence-corrected chi connectivity index (χ2v) is 5.38. The third-order valence-corrected chi connectivity index (χ3v) is 3.79. The van der Waals surface area contributed by atoms with Crippen molar-refractivity contribution in [2.24, 2.45) is 5.73 Å². The number of nitrogens with one attached hydrogen (secondary N) is 1. The smallest absolute Gasteiger partial charge is 0.241 e. The van der Waals surface area contributed by atoms with Gasteiger partial charge in [-0.3, -0.25) is 0 Å². The summed E-state index contributed by atoms with van der Waals surface area (Å²) in [6.07, 6.45) is 0. The monoisotopic (exact) mass is 262 g/mol. The molecule has 0 aliphatic heterocycles. The summed E-state index contributed by atoms with van der Waals surface area (Å²) in [5, 5.41) is 0. The normalized spacial score (nSPS) is 13.4. The fraction of sp³-hybridized carbons (Fsp3) is 0.222. The Hall–Kier alpha value is -1.05. The van der Waals surface area contributed by atoms with E-state index in [1.54, 1.807) is 0 Å². The second-order valence-electron chi connectivity index (χ2n) is 3.20. The molecular weight excluding hydrogens is 251 g/mol. The molecule has 16 heavy (non-hydrogen) atoms. The lowest BCUT2D eigenvalue weighted by molar-refractivity contribution is 0.578. The van der Waals surface area contributed by atoms with E-state index >= 15 is 0 Å². The molecule has 1 atom stereocenters. The van der Waals surface area contributed by atoms with Crippen molar-refractivity contribution < 1.29 is 12.8 Å². The highest BCUT2D eigenvalue weighted by atomic mass is 32.2. The molecular formula is C9H11FN2O2S2. The molecule has 0 aliphatic carbocycles. The van der Waals surface area contributed by atoms with Gasteiger partial charge >= 0.3 is 0 Å². The fourth-order valence-electron chi connectivity index (χ4n) is 0.973. The molecule has 1 unspecified atom stereocenters. The number of benzene rings is 1. The van der Waals surface area contributed by atoms with Crippen LogP contribution in [0.25, 0.3) is 0 Å². The van der Waals surface area contributed by atoms with Crippen LogP contribution in [0.15, 0.2) is 29.2 Å². The highest BCUT2D eigenvalue weighted by Gasteiger charge is 2.18. The summed E-state index contributed by atoms with van der Waals surface area (Å²) in [5.74, 6) is -0.499. The quantitative estimate of drug-likeness (QED) is 0.787. The van der Waals surface area contributed by atoms with Gasteiger partial charge in [0.2, 0.25) is 10.0 Å². The maximum Gasteiger partial charge on any atom is 0.241 e. The lowest BCUT2D eigenvalue weighted by atomic mass is 10.4. The molecule has 0 radical (unpaired) electrons. The Balaban J connectivity index is 2.94. The molecule has 4 nitrogen and oxygen atoms in total. The molecule has 1 aromatic rings. The van der Waals surface area contributed by atoms with Crippen molar-refractivity contribution in [3.63, 3.8) is 0 Å². The molecule has 0 saturated carbocycles. The first kappa shape index (κ1) is 13.0. The van der Waals surface area contributed by atoms with Gasteiger partial charge in [0, 0.05) is 0 Å². The molecule has 1 aromatic carbocycles. The van der Waals surface area contributed by atoms with Gasteiger partial charge in [-0.1, -0.05) is 12.2 Å². The van der Waals surface area contributed by atoms with Gasteiger partial charge in [-0.05, 0) is 31.2 Å². The van der Waals surface area contributed by atoms with E-state index in [2.05, 4.69) is 16.9 Å². The van der Waals surface area contributed by atoms with E-state index in [-0.39, 0.29) is 9.88 Å². The molecule has 3 N–H and O–H groups in total. The van der Waals surface area contributed by atoms with Crippen LogP contribution in [0.3, 0.4) is 0 Å². The molecule has 0 heterocycles. The number of rotatable bonds is 4. The summed E-state index contributed by atoms with van der Waals surface area (Å²) in [7, 11) is -3.71. The topological polar surface area (TPSA) is 72.2 Å². The minimum absolute atomic E-state index is 0.0306. The van der Waals surface area contributed by atoms with Crippen molar-refractivity contribution in [3.05, 3.63) is 30.1 Å². The van der Waals surface area contributed by atoms with Crippen LogP contribution < -0.4 is 10.5 Å². The maximum atomic E-state index is 12.6. The molecule has 0 aromatic heterocycles. The molecule has 0 saturated heterocycles. The summed E-state index contributed by atoms with van der Waals surface area (Å²) in [6, 6.07) is 3.83. The van der Waals surface area contributed by atoms with Gasteiger partial charge in [-0.15, -0.1) is 0 Å². The van der Waals surface area contributed by atoms with Crippen LogP contribution in [0.5, 0.6) is 0 Å². The average molecular weight is 262 g/mol. The summed E-state index contributed by atoms with van der Waals surface area (Å²) >= 11 is 4.65. The van der Waals surface area contributed by atoms with Gasteiger partial charge in [-0.2, -0.15) is 0 Å². The Morgan fingerprint density at radius 3 is 2.38 bits per heavy atom. The van der Waals surface area contributed by atoms with E-state index in [4.69, 9.17) is 5.73 Å². The Morgan fingerprint density at radius 2 is 1.94 bits per heavy atom. The summed E-state index contributed by atoms with van der Waals surface area (Å²) in [5.41, 5.74) is 5.29. The number of nitrogens with two attached hydrogens (primary N) is 1. The lowest BCUT2D eigenvalue weighted by Crippen LogP contribution is -2.41. The van der Waals surface area contributed by atoms with Crippen LogP contribution in [-0.4, -0.2) is 19.4 Å². The van der Waals surface area contributed by atoms with Crippen LogP contribution in [0.4, 0.5) is 4.39 Å². The fourth-order valence-corrected chi connectivity index (χ4v) is 2.33. The summed E-state index contributed by atoms with van der Waals surface area (Å²) in [4.78, 5) is 0.0164. The van der Waals surface area contributed by atoms with Crippen LogP contribution in [0, 0.1) is 5.82 Å². The minimum atomic E-state index is -3.71. The van der Waals surface area contributed by atoms with Crippen molar-refractivity contribution in [2.45, 2.75) is 17.9 Å². The van der Waals surface area contributed by atoms with Crippen LogP contribution in [0.1, 0.15) is 6.92 Å². The molecule has 0 amide bonds. The predicted molar refractivity (Wildman–Crippen MR) is 63.0 cm³/mol. The van der Waals surface area contributed by atoms with Crippen LogP contribution in [-0.2, 0) is 10.0 Å². The Kier molecular flexibility index (Phi) is 3.95. The zero-order valence-corrected chi connectivity index (χ0v) is 10.1. The standard InChI is InChI=1S/C9H11FN2O2S2/c1-6(9(11)15)12-16(13,14)8-4-2-7(10)3-5-8/h2-6,12H,1H3,(H2,11,15). The first-order valence-corrected chi connectivity index (χ1v) is 6.29. The zero-order chi connectivity index (χ0) is 12.3. The summed E-state index contributed by atoms with van der Waals surface area (Å²) < 4.78 is 38.3.